The van der Waals surface area contributed by atoms with Crippen molar-refractivity contribution in [2.75, 3.05) is 6.54 Å². The number of aromatic nitrogens is 2. The molecule has 1 amide bonds. The van der Waals surface area contributed by atoms with Crippen molar-refractivity contribution >= 4 is 5.91 Å². The molecule has 3 rings (SSSR count). The fourth-order valence-corrected chi connectivity index (χ4v) is 3.50. The van der Waals surface area contributed by atoms with Crippen LogP contribution in [-0.4, -0.2) is 27.3 Å². The molecule has 0 aliphatic heterocycles. The zero-order valence-electron chi connectivity index (χ0n) is 13.9. The van der Waals surface area contributed by atoms with Crippen LogP contribution in [0.2, 0.25) is 0 Å². The standard InChI is InChI=1S/C18H23N3O2/c1-12-16(13(2)21(3)20-12)17(22)19-11-18(23)10-6-8-14-7-4-5-9-15(14)18/h4-5,7,9,23H,6,8,10-11H2,1-3H3,(H,19,22)/t18-/m1/s1. The second-order valence-electron chi connectivity index (χ2n) is 6.39. The van der Waals surface area contributed by atoms with Crippen LogP contribution >= 0.6 is 0 Å². The van der Waals surface area contributed by atoms with E-state index < -0.39 is 5.60 Å². The number of aryl methyl sites for hydroxylation is 3. The van der Waals surface area contributed by atoms with E-state index in [2.05, 4.69) is 16.5 Å². The zero-order valence-corrected chi connectivity index (χ0v) is 13.9. The minimum absolute atomic E-state index is 0.176. The van der Waals surface area contributed by atoms with Crippen LogP contribution in [0.1, 0.15) is 45.7 Å². The first kappa shape index (κ1) is 15.7. The van der Waals surface area contributed by atoms with Gasteiger partial charge >= 0.3 is 0 Å². The Hall–Kier alpha value is -2.14. The molecule has 2 aromatic rings. The van der Waals surface area contributed by atoms with E-state index in [4.69, 9.17) is 0 Å². The molecule has 1 aromatic heterocycles. The lowest BCUT2D eigenvalue weighted by molar-refractivity contribution is 0.0189. The monoisotopic (exact) mass is 313 g/mol. The molecule has 2 N–H and O–H groups in total. The second-order valence-corrected chi connectivity index (χ2v) is 6.39. The van der Waals surface area contributed by atoms with Gasteiger partial charge in [-0.15, -0.1) is 0 Å². The normalized spacial score (nSPS) is 20.2. The number of aliphatic hydroxyl groups is 1. The lowest BCUT2D eigenvalue weighted by atomic mass is 9.79. The minimum Gasteiger partial charge on any atom is -0.383 e. The summed E-state index contributed by atoms with van der Waals surface area (Å²) in [6.45, 7) is 3.92. The fourth-order valence-electron chi connectivity index (χ4n) is 3.50. The van der Waals surface area contributed by atoms with E-state index in [1.165, 1.54) is 5.56 Å². The Balaban J connectivity index is 1.80. The summed E-state index contributed by atoms with van der Waals surface area (Å²) in [5.41, 5.74) is 3.25. The van der Waals surface area contributed by atoms with Gasteiger partial charge in [-0.25, -0.2) is 0 Å². The van der Waals surface area contributed by atoms with Crippen LogP contribution in [0, 0.1) is 13.8 Å². The van der Waals surface area contributed by atoms with Crippen molar-refractivity contribution < 1.29 is 9.90 Å². The van der Waals surface area contributed by atoms with E-state index in [-0.39, 0.29) is 12.5 Å². The molecular formula is C18H23N3O2. The molecule has 0 spiro atoms. The van der Waals surface area contributed by atoms with Crippen LogP contribution in [0.4, 0.5) is 0 Å². The van der Waals surface area contributed by atoms with E-state index in [0.717, 1.165) is 24.1 Å². The first-order chi connectivity index (χ1) is 10.9. The highest BCUT2D eigenvalue weighted by Gasteiger charge is 2.34. The smallest absolute Gasteiger partial charge is 0.255 e. The number of nitrogens with zero attached hydrogens (tertiary/aromatic N) is 2. The molecule has 0 unspecified atom stereocenters. The fraction of sp³-hybridized carbons (Fsp3) is 0.444. The second kappa shape index (κ2) is 5.81. The molecule has 0 bridgehead atoms. The van der Waals surface area contributed by atoms with Gasteiger partial charge in [0, 0.05) is 12.7 Å². The first-order valence-corrected chi connectivity index (χ1v) is 8.01. The van der Waals surface area contributed by atoms with Crippen LogP contribution in [0.5, 0.6) is 0 Å². The topological polar surface area (TPSA) is 67.2 Å². The van der Waals surface area contributed by atoms with Gasteiger partial charge in [0.25, 0.3) is 5.91 Å². The maximum absolute atomic E-state index is 12.5. The van der Waals surface area contributed by atoms with Crippen LogP contribution < -0.4 is 5.32 Å². The Morgan fingerprint density at radius 1 is 1.39 bits per heavy atom. The van der Waals surface area contributed by atoms with E-state index >= 15 is 0 Å². The van der Waals surface area contributed by atoms with Gasteiger partial charge in [0.1, 0.15) is 5.60 Å². The van der Waals surface area contributed by atoms with Gasteiger partial charge in [0.2, 0.25) is 0 Å². The Morgan fingerprint density at radius 3 is 2.83 bits per heavy atom. The predicted octanol–water partition coefficient (Wildman–Crippen LogP) is 1.99. The van der Waals surface area contributed by atoms with Gasteiger partial charge in [-0.2, -0.15) is 5.10 Å². The molecule has 5 heteroatoms. The average molecular weight is 313 g/mol. The lowest BCUT2D eigenvalue weighted by Gasteiger charge is -2.34. The molecule has 5 nitrogen and oxygen atoms in total. The molecule has 1 atom stereocenters. The van der Waals surface area contributed by atoms with Gasteiger partial charge in [0.05, 0.1) is 17.8 Å². The molecule has 0 radical (unpaired) electrons. The van der Waals surface area contributed by atoms with Crippen molar-refractivity contribution in [1.29, 1.82) is 0 Å². The SMILES string of the molecule is Cc1nn(C)c(C)c1C(=O)NC[C@]1(O)CCCc2ccccc21. The highest BCUT2D eigenvalue weighted by Crippen LogP contribution is 2.34. The maximum Gasteiger partial charge on any atom is 0.255 e. The summed E-state index contributed by atoms with van der Waals surface area (Å²) in [5.74, 6) is -0.176. The van der Waals surface area contributed by atoms with E-state index in [1.54, 1.807) is 4.68 Å². The highest BCUT2D eigenvalue weighted by atomic mass is 16.3. The summed E-state index contributed by atoms with van der Waals surface area (Å²) in [5, 5.41) is 18.2. The van der Waals surface area contributed by atoms with Crippen LogP contribution in [0.15, 0.2) is 24.3 Å². The lowest BCUT2D eigenvalue weighted by Crippen LogP contribution is -2.43. The molecule has 1 aromatic carbocycles. The van der Waals surface area contributed by atoms with E-state index in [1.807, 2.05) is 39.1 Å². The van der Waals surface area contributed by atoms with Crippen LogP contribution in [-0.2, 0) is 19.1 Å². The molecule has 122 valence electrons. The van der Waals surface area contributed by atoms with Gasteiger partial charge in [0.15, 0.2) is 0 Å². The van der Waals surface area contributed by atoms with Crippen molar-refractivity contribution in [2.45, 2.75) is 38.7 Å². The molecule has 1 aliphatic carbocycles. The molecule has 23 heavy (non-hydrogen) atoms. The van der Waals surface area contributed by atoms with Crippen molar-refractivity contribution in [3.8, 4) is 0 Å². The summed E-state index contributed by atoms with van der Waals surface area (Å²) in [4.78, 5) is 12.5. The Kier molecular flexibility index (Phi) is 3.98. The summed E-state index contributed by atoms with van der Waals surface area (Å²) in [6.07, 6.45) is 2.57. The molecule has 0 saturated heterocycles. The summed E-state index contributed by atoms with van der Waals surface area (Å²) in [7, 11) is 1.82. The molecular weight excluding hydrogens is 290 g/mol. The largest absolute Gasteiger partial charge is 0.383 e. The van der Waals surface area contributed by atoms with Crippen LogP contribution in [0.25, 0.3) is 0 Å². The number of nitrogens with one attached hydrogen (secondary N) is 1. The maximum atomic E-state index is 12.5. The number of hydrogen-bond donors (Lipinski definition) is 2. The molecule has 0 saturated carbocycles. The first-order valence-electron chi connectivity index (χ1n) is 8.01. The summed E-state index contributed by atoms with van der Waals surface area (Å²) in [6, 6.07) is 7.94. The Morgan fingerprint density at radius 2 is 2.13 bits per heavy atom. The summed E-state index contributed by atoms with van der Waals surface area (Å²) >= 11 is 0. The zero-order chi connectivity index (χ0) is 16.6. The summed E-state index contributed by atoms with van der Waals surface area (Å²) < 4.78 is 1.70. The van der Waals surface area contributed by atoms with Crippen molar-refractivity contribution in [3.05, 3.63) is 52.3 Å². The Bertz CT molecular complexity index is 751. The van der Waals surface area contributed by atoms with Crippen molar-refractivity contribution in [2.24, 2.45) is 7.05 Å². The number of rotatable bonds is 3. The molecule has 1 aliphatic rings. The number of carbonyl (C=O) groups excluding carboxylic acids is 1. The number of amides is 1. The Labute approximate surface area is 136 Å². The van der Waals surface area contributed by atoms with Gasteiger partial charge in [-0.3, -0.25) is 9.48 Å². The van der Waals surface area contributed by atoms with Gasteiger partial charge in [-0.05, 0) is 44.2 Å². The average Bonchev–Trinajstić information content (AvgIpc) is 2.78. The van der Waals surface area contributed by atoms with Gasteiger partial charge < -0.3 is 10.4 Å². The molecule has 0 fully saturated rings. The minimum atomic E-state index is -0.992. The third-order valence-electron chi connectivity index (χ3n) is 4.83. The third-order valence-corrected chi connectivity index (χ3v) is 4.83. The van der Waals surface area contributed by atoms with Crippen LogP contribution in [0.3, 0.4) is 0 Å². The molecule has 1 heterocycles. The van der Waals surface area contributed by atoms with E-state index in [0.29, 0.717) is 17.7 Å². The number of benzene rings is 1. The van der Waals surface area contributed by atoms with Crippen molar-refractivity contribution in [1.82, 2.24) is 15.1 Å². The van der Waals surface area contributed by atoms with E-state index in [9.17, 15) is 9.90 Å². The third kappa shape index (κ3) is 2.77. The number of hydrogen-bond acceptors (Lipinski definition) is 3. The highest BCUT2D eigenvalue weighted by molar-refractivity contribution is 5.96. The quantitative estimate of drug-likeness (QED) is 0.910. The number of carbonyl (C=O) groups is 1. The predicted molar refractivity (Wildman–Crippen MR) is 88.3 cm³/mol. The van der Waals surface area contributed by atoms with Gasteiger partial charge in [-0.1, -0.05) is 24.3 Å². The van der Waals surface area contributed by atoms with Crippen molar-refractivity contribution in [3.63, 3.8) is 0 Å². The number of fused-ring (bicyclic) bond motifs is 1.